The van der Waals surface area contributed by atoms with Gasteiger partial charge in [0.15, 0.2) is 0 Å². The molecule has 0 aromatic heterocycles. The summed E-state index contributed by atoms with van der Waals surface area (Å²) in [6.07, 6.45) is 7.18. The lowest BCUT2D eigenvalue weighted by Crippen LogP contribution is -2.28. The van der Waals surface area contributed by atoms with Crippen LogP contribution < -0.4 is 0 Å². The van der Waals surface area contributed by atoms with Gasteiger partial charge in [0.25, 0.3) is 0 Å². The topological polar surface area (TPSA) is 0 Å². The summed E-state index contributed by atoms with van der Waals surface area (Å²) < 4.78 is 0. The van der Waals surface area contributed by atoms with Crippen molar-refractivity contribution in [3.8, 4) is 0 Å². The second-order valence-electron chi connectivity index (χ2n) is 7.10. The number of hydrogen-bond acceptors (Lipinski definition) is 0. The van der Waals surface area contributed by atoms with Gasteiger partial charge in [-0.05, 0) is 54.3 Å². The van der Waals surface area contributed by atoms with E-state index in [2.05, 4.69) is 27.4 Å². The van der Waals surface area contributed by atoms with Gasteiger partial charge in [-0.3, -0.25) is 0 Å². The molecule has 0 heteroatoms. The van der Waals surface area contributed by atoms with Crippen molar-refractivity contribution >= 4 is 0 Å². The molecule has 0 amide bonds. The second kappa shape index (κ2) is 2.70. The normalized spacial score (nSPS) is 51.9. The van der Waals surface area contributed by atoms with E-state index in [0.717, 1.165) is 17.8 Å². The third-order valence-corrected chi connectivity index (χ3v) is 6.07. The summed E-state index contributed by atoms with van der Waals surface area (Å²) in [5.74, 6) is 2.79. The maximum Gasteiger partial charge on any atom is -0.00849 e. The number of rotatable bonds is 0. The van der Waals surface area contributed by atoms with Crippen molar-refractivity contribution in [2.24, 2.45) is 28.6 Å². The molecule has 0 unspecified atom stereocenters. The molecular formula is C15H24. The van der Waals surface area contributed by atoms with Crippen LogP contribution in [0.25, 0.3) is 0 Å². The van der Waals surface area contributed by atoms with E-state index in [0.29, 0.717) is 10.8 Å². The lowest BCUT2D eigenvalue weighted by molar-refractivity contribution is 0.141. The van der Waals surface area contributed by atoms with Gasteiger partial charge in [-0.1, -0.05) is 39.3 Å². The molecule has 0 aromatic carbocycles. The van der Waals surface area contributed by atoms with Gasteiger partial charge >= 0.3 is 0 Å². The van der Waals surface area contributed by atoms with Crippen LogP contribution in [-0.2, 0) is 0 Å². The summed E-state index contributed by atoms with van der Waals surface area (Å²) in [6, 6.07) is 0. The molecule has 4 atom stereocenters. The van der Waals surface area contributed by atoms with E-state index in [1.54, 1.807) is 5.57 Å². The van der Waals surface area contributed by atoms with E-state index in [9.17, 15) is 0 Å². The maximum absolute atomic E-state index is 4.46. The van der Waals surface area contributed by atoms with Crippen LogP contribution in [0.3, 0.4) is 0 Å². The van der Waals surface area contributed by atoms with Crippen LogP contribution in [0.5, 0.6) is 0 Å². The fraction of sp³-hybridized carbons (Fsp3) is 0.867. The first-order chi connectivity index (χ1) is 6.97. The smallest absolute Gasteiger partial charge is 0.00849 e. The minimum Gasteiger partial charge on any atom is -0.0990 e. The quantitative estimate of drug-likeness (QED) is 0.513. The Labute approximate surface area is 94.1 Å². The molecule has 3 aliphatic carbocycles. The fourth-order valence-electron chi connectivity index (χ4n) is 5.28. The molecule has 0 radical (unpaired) electrons. The van der Waals surface area contributed by atoms with E-state index >= 15 is 0 Å². The molecule has 0 aliphatic heterocycles. The molecule has 0 nitrogen and oxygen atoms in total. The van der Waals surface area contributed by atoms with Crippen LogP contribution in [0.4, 0.5) is 0 Å². The highest BCUT2D eigenvalue weighted by atomic mass is 14.7. The van der Waals surface area contributed by atoms with E-state index in [-0.39, 0.29) is 0 Å². The number of hydrogen-bond donors (Lipinski definition) is 0. The lowest BCUT2D eigenvalue weighted by atomic mass is 9.69. The van der Waals surface area contributed by atoms with Crippen LogP contribution in [0.1, 0.15) is 52.9 Å². The highest BCUT2D eigenvalue weighted by Crippen LogP contribution is 2.70. The largest absolute Gasteiger partial charge is 0.0990 e. The van der Waals surface area contributed by atoms with Crippen molar-refractivity contribution in [1.82, 2.24) is 0 Å². The molecule has 3 saturated carbocycles. The molecule has 0 heterocycles. The average Bonchev–Trinajstić information content (AvgIpc) is 2.63. The van der Waals surface area contributed by atoms with Gasteiger partial charge in [0, 0.05) is 0 Å². The SMILES string of the molecule is C=C1[C@@H]2CC[C@H]3[C@H]2C(C)(C)CCC[C@]13C. The summed E-state index contributed by atoms with van der Waals surface area (Å²) in [4.78, 5) is 0. The van der Waals surface area contributed by atoms with Gasteiger partial charge in [-0.15, -0.1) is 0 Å². The summed E-state index contributed by atoms with van der Waals surface area (Å²) in [5, 5.41) is 0. The first-order valence-electron chi connectivity index (χ1n) is 6.66. The zero-order valence-electron chi connectivity index (χ0n) is 10.5. The molecule has 15 heavy (non-hydrogen) atoms. The van der Waals surface area contributed by atoms with Crippen molar-refractivity contribution in [3.05, 3.63) is 12.2 Å². The second-order valence-corrected chi connectivity index (χ2v) is 7.10. The van der Waals surface area contributed by atoms with Crippen LogP contribution in [0.15, 0.2) is 12.2 Å². The summed E-state index contributed by atoms with van der Waals surface area (Å²) >= 11 is 0. The van der Waals surface area contributed by atoms with Crippen molar-refractivity contribution in [1.29, 1.82) is 0 Å². The van der Waals surface area contributed by atoms with Crippen molar-refractivity contribution in [2.75, 3.05) is 0 Å². The molecule has 3 aliphatic rings. The maximum atomic E-state index is 4.46. The van der Waals surface area contributed by atoms with E-state index in [1.807, 2.05) is 0 Å². The highest BCUT2D eigenvalue weighted by molar-refractivity contribution is 5.29. The summed E-state index contributed by atoms with van der Waals surface area (Å²) in [5.41, 5.74) is 2.71. The summed E-state index contributed by atoms with van der Waals surface area (Å²) in [6.45, 7) is 12.0. The van der Waals surface area contributed by atoms with Gasteiger partial charge in [0.1, 0.15) is 0 Å². The molecule has 3 rings (SSSR count). The van der Waals surface area contributed by atoms with Crippen molar-refractivity contribution < 1.29 is 0 Å². The van der Waals surface area contributed by atoms with E-state index in [1.165, 1.54) is 32.1 Å². The Kier molecular flexibility index (Phi) is 1.79. The van der Waals surface area contributed by atoms with Gasteiger partial charge in [-0.2, -0.15) is 0 Å². The summed E-state index contributed by atoms with van der Waals surface area (Å²) in [7, 11) is 0. The van der Waals surface area contributed by atoms with Crippen LogP contribution in [0.2, 0.25) is 0 Å². The average molecular weight is 204 g/mol. The monoisotopic (exact) mass is 204 g/mol. The Hall–Kier alpha value is -0.260. The Morgan fingerprint density at radius 1 is 1.13 bits per heavy atom. The molecule has 84 valence electrons. The van der Waals surface area contributed by atoms with Crippen LogP contribution in [0, 0.1) is 28.6 Å². The zero-order valence-corrected chi connectivity index (χ0v) is 10.5. The Morgan fingerprint density at radius 2 is 1.87 bits per heavy atom. The Balaban J connectivity index is 2.10. The van der Waals surface area contributed by atoms with Gasteiger partial charge < -0.3 is 0 Å². The van der Waals surface area contributed by atoms with E-state index in [4.69, 9.17) is 0 Å². The van der Waals surface area contributed by atoms with Crippen LogP contribution in [-0.4, -0.2) is 0 Å². The molecule has 3 fully saturated rings. The molecule has 0 aromatic rings. The number of allylic oxidation sites excluding steroid dienone is 1. The predicted molar refractivity (Wildman–Crippen MR) is 64.6 cm³/mol. The minimum absolute atomic E-state index is 0.515. The molecule has 4 bridgehead atoms. The first-order valence-corrected chi connectivity index (χ1v) is 6.66. The van der Waals surface area contributed by atoms with E-state index < -0.39 is 0 Å². The molecule has 0 saturated heterocycles. The fourth-order valence-corrected chi connectivity index (χ4v) is 5.28. The van der Waals surface area contributed by atoms with Gasteiger partial charge in [0.2, 0.25) is 0 Å². The predicted octanol–water partition coefficient (Wildman–Crippen LogP) is 4.42. The third kappa shape index (κ3) is 1.04. The van der Waals surface area contributed by atoms with Crippen molar-refractivity contribution in [3.63, 3.8) is 0 Å². The molecule has 0 N–H and O–H groups in total. The first kappa shape index (κ1) is 9.93. The third-order valence-electron chi connectivity index (χ3n) is 6.07. The molecular weight excluding hydrogens is 180 g/mol. The molecule has 0 spiro atoms. The van der Waals surface area contributed by atoms with Gasteiger partial charge in [0.05, 0.1) is 0 Å². The highest BCUT2D eigenvalue weighted by Gasteiger charge is 2.61. The Morgan fingerprint density at radius 3 is 2.60 bits per heavy atom. The van der Waals surface area contributed by atoms with Gasteiger partial charge in [-0.25, -0.2) is 0 Å². The van der Waals surface area contributed by atoms with Crippen LogP contribution >= 0.6 is 0 Å². The zero-order chi connectivity index (χ0) is 10.8. The van der Waals surface area contributed by atoms with Crippen molar-refractivity contribution in [2.45, 2.75) is 52.9 Å². The minimum atomic E-state index is 0.515. The Bertz CT molecular complexity index is 312. The standard InChI is InChI=1S/C15H24/c1-10-11-6-7-12-13(11)14(2,3)8-5-9-15(10,12)4/h11-13H,1,5-9H2,2-4H3/t11-,12-,13-,15+/m0/s1. The lowest BCUT2D eigenvalue weighted by Gasteiger charge is -2.35.